The van der Waals surface area contributed by atoms with E-state index in [-0.39, 0.29) is 5.96 Å². The molecule has 1 aromatic rings. The number of methoxy groups -OCH3 is 2. The fourth-order valence-electron chi connectivity index (χ4n) is 1.42. The van der Waals surface area contributed by atoms with Crippen LogP contribution in [0.4, 0.5) is 0 Å². The summed E-state index contributed by atoms with van der Waals surface area (Å²) in [6.45, 7) is 2.39. The van der Waals surface area contributed by atoms with Crippen LogP contribution in [0.1, 0.15) is 12.5 Å². The Kier molecular flexibility index (Phi) is 5.46. The van der Waals surface area contributed by atoms with Gasteiger partial charge in [-0.15, -0.1) is 5.10 Å². The van der Waals surface area contributed by atoms with E-state index in [2.05, 4.69) is 10.2 Å². The van der Waals surface area contributed by atoms with Crippen molar-refractivity contribution in [2.45, 2.75) is 6.92 Å². The van der Waals surface area contributed by atoms with Gasteiger partial charge in [-0.1, -0.05) is 0 Å². The highest BCUT2D eigenvalue weighted by Crippen LogP contribution is 2.38. The van der Waals surface area contributed by atoms with Crippen molar-refractivity contribution < 1.29 is 14.2 Å². The van der Waals surface area contributed by atoms with Crippen LogP contribution >= 0.6 is 0 Å². The maximum atomic E-state index is 5.49. The predicted molar refractivity (Wildman–Crippen MR) is 74.1 cm³/mol. The Hall–Kier alpha value is -2.44. The van der Waals surface area contributed by atoms with E-state index >= 15 is 0 Å². The molecule has 0 saturated heterocycles. The molecule has 0 spiro atoms. The minimum absolute atomic E-state index is 0.110. The molecule has 0 aliphatic carbocycles. The van der Waals surface area contributed by atoms with E-state index in [1.165, 1.54) is 6.21 Å². The summed E-state index contributed by atoms with van der Waals surface area (Å²) >= 11 is 0. The standard InChI is InChI=1S/C12H18N4O3/c1-4-19-11-9(17-2)5-8(6-10(11)18-3)7-15-16-12(13)14/h5-7H,4H2,1-3H3,(H4,13,14,16)/b15-7-. The number of nitrogens with zero attached hydrogens (tertiary/aromatic N) is 2. The van der Waals surface area contributed by atoms with Gasteiger partial charge in [0.2, 0.25) is 11.7 Å². The molecule has 7 heteroatoms. The zero-order valence-corrected chi connectivity index (χ0v) is 11.2. The molecular formula is C12H18N4O3. The van der Waals surface area contributed by atoms with E-state index in [0.29, 0.717) is 23.9 Å². The first-order valence-corrected chi connectivity index (χ1v) is 5.63. The lowest BCUT2D eigenvalue weighted by molar-refractivity contribution is 0.288. The first-order valence-electron chi connectivity index (χ1n) is 5.63. The van der Waals surface area contributed by atoms with Crippen molar-refractivity contribution in [1.29, 1.82) is 0 Å². The fourth-order valence-corrected chi connectivity index (χ4v) is 1.42. The van der Waals surface area contributed by atoms with Crippen LogP contribution in [0.25, 0.3) is 0 Å². The molecule has 0 radical (unpaired) electrons. The fraction of sp³-hybridized carbons (Fsp3) is 0.333. The Morgan fingerprint density at radius 3 is 2.21 bits per heavy atom. The van der Waals surface area contributed by atoms with Gasteiger partial charge in [0.15, 0.2) is 11.5 Å². The zero-order valence-electron chi connectivity index (χ0n) is 11.2. The lowest BCUT2D eigenvalue weighted by Gasteiger charge is -2.13. The Morgan fingerprint density at radius 2 is 1.79 bits per heavy atom. The quantitative estimate of drug-likeness (QED) is 0.448. The molecule has 7 nitrogen and oxygen atoms in total. The van der Waals surface area contributed by atoms with Crippen LogP contribution in [0.15, 0.2) is 22.3 Å². The van der Waals surface area contributed by atoms with Crippen molar-refractivity contribution in [3.05, 3.63) is 17.7 Å². The van der Waals surface area contributed by atoms with E-state index in [9.17, 15) is 0 Å². The molecule has 0 amide bonds. The summed E-state index contributed by atoms with van der Waals surface area (Å²) < 4.78 is 16.0. The lowest BCUT2D eigenvalue weighted by Crippen LogP contribution is -2.21. The average molecular weight is 266 g/mol. The summed E-state index contributed by atoms with van der Waals surface area (Å²) in [5.74, 6) is 1.53. The van der Waals surface area contributed by atoms with Crippen molar-refractivity contribution in [1.82, 2.24) is 0 Å². The normalized spacial score (nSPS) is 10.3. The summed E-state index contributed by atoms with van der Waals surface area (Å²) in [5.41, 5.74) is 11.1. The molecule has 0 atom stereocenters. The van der Waals surface area contributed by atoms with E-state index in [0.717, 1.165) is 5.56 Å². The van der Waals surface area contributed by atoms with Crippen LogP contribution in [0.5, 0.6) is 17.2 Å². The second-order valence-electron chi connectivity index (χ2n) is 3.46. The van der Waals surface area contributed by atoms with Crippen LogP contribution in [0.2, 0.25) is 0 Å². The number of ether oxygens (including phenoxy) is 3. The number of nitrogens with two attached hydrogens (primary N) is 2. The Morgan fingerprint density at radius 1 is 1.21 bits per heavy atom. The minimum Gasteiger partial charge on any atom is -0.493 e. The summed E-state index contributed by atoms with van der Waals surface area (Å²) in [6.07, 6.45) is 1.49. The van der Waals surface area contributed by atoms with Gasteiger partial charge in [0.05, 0.1) is 27.0 Å². The largest absolute Gasteiger partial charge is 0.493 e. The first kappa shape index (κ1) is 14.6. The molecule has 0 saturated carbocycles. The molecule has 0 unspecified atom stereocenters. The van der Waals surface area contributed by atoms with Crippen LogP contribution in [-0.2, 0) is 0 Å². The zero-order chi connectivity index (χ0) is 14.3. The molecule has 1 aromatic carbocycles. The maximum Gasteiger partial charge on any atom is 0.211 e. The molecular weight excluding hydrogens is 248 g/mol. The number of hydrogen-bond acceptors (Lipinski definition) is 5. The van der Waals surface area contributed by atoms with Crippen LogP contribution < -0.4 is 25.7 Å². The summed E-state index contributed by atoms with van der Waals surface area (Å²) in [5, 5.41) is 7.25. The second kappa shape index (κ2) is 7.10. The van der Waals surface area contributed by atoms with Gasteiger partial charge in [0.25, 0.3) is 0 Å². The average Bonchev–Trinajstić information content (AvgIpc) is 2.39. The SMILES string of the molecule is CCOc1c(OC)cc(/C=N\N=C(N)N)cc1OC. The van der Waals surface area contributed by atoms with E-state index in [1.807, 2.05) is 6.92 Å². The van der Waals surface area contributed by atoms with Gasteiger partial charge in [0.1, 0.15) is 0 Å². The Bertz CT molecular complexity index is 457. The summed E-state index contributed by atoms with van der Waals surface area (Å²) in [4.78, 5) is 0. The molecule has 19 heavy (non-hydrogen) atoms. The topological polar surface area (TPSA) is 104 Å². The van der Waals surface area contributed by atoms with Crippen molar-refractivity contribution >= 4 is 12.2 Å². The number of rotatable bonds is 6. The van der Waals surface area contributed by atoms with Crippen molar-refractivity contribution in [2.75, 3.05) is 20.8 Å². The van der Waals surface area contributed by atoms with E-state index < -0.39 is 0 Å². The van der Waals surface area contributed by atoms with Gasteiger partial charge < -0.3 is 25.7 Å². The smallest absolute Gasteiger partial charge is 0.211 e. The van der Waals surface area contributed by atoms with Gasteiger partial charge in [-0.3, -0.25) is 0 Å². The third-order valence-electron chi connectivity index (χ3n) is 2.15. The highest BCUT2D eigenvalue weighted by Gasteiger charge is 2.12. The first-order chi connectivity index (χ1) is 9.12. The monoisotopic (exact) mass is 266 g/mol. The molecule has 4 N–H and O–H groups in total. The molecule has 0 aliphatic heterocycles. The molecule has 0 heterocycles. The molecule has 0 aliphatic rings. The minimum atomic E-state index is -0.110. The molecule has 0 bridgehead atoms. The van der Waals surface area contributed by atoms with Gasteiger partial charge in [-0.25, -0.2) is 0 Å². The highest BCUT2D eigenvalue weighted by molar-refractivity contribution is 5.83. The number of guanidine groups is 1. The van der Waals surface area contributed by atoms with Crippen molar-refractivity contribution in [3.8, 4) is 17.2 Å². The summed E-state index contributed by atoms with van der Waals surface area (Å²) in [6, 6.07) is 3.50. The van der Waals surface area contributed by atoms with Gasteiger partial charge >= 0.3 is 0 Å². The third kappa shape index (κ3) is 4.06. The molecule has 0 aromatic heterocycles. The van der Waals surface area contributed by atoms with Gasteiger partial charge in [-0.05, 0) is 19.1 Å². The van der Waals surface area contributed by atoms with Crippen molar-refractivity contribution in [3.63, 3.8) is 0 Å². The number of hydrogen-bond donors (Lipinski definition) is 2. The van der Waals surface area contributed by atoms with Crippen molar-refractivity contribution in [2.24, 2.45) is 21.7 Å². The third-order valence-corrected chi connectivity index (χ3v) is 2.15. The molecule has 0 fully saturated rings. The van der Waals surface area contributed by atoms with E-state index in [1.54, 1.807) is 26.4 Å². The predicted octanol–water partition coefficient (Wildman–Crippen LogP) is 0.710. The molecule has 104 valence electrons. The van der Waals surface area contributed by atoms with Crippen LogP contribution in [0, 0.1) is 0 Å². The highest BCUT2D eigenvalue weighted by atomic mass is 16.5. The second-order valence-corrected chi connectivity index (χ2v) is 3.46. The van der Waals surface area contributed by atoms with Crippen LogP contribution in [0.3, 0.4) is 0 Å². The van der Waals surface area contributed by atoms with Crippen LogP contribution in [-0.4, -0.2) is 33.0 Å². The lowest BCUT2D eigenvalue weighted by atomic mass is 10.2. The Balaban J connectivity index is 3.15. The maximum absolute atomic E-state index is 5.49. The summed E-state index contributed by atoms with van der Waals surface area (Å²) in [7, 11) is 3.10. The van der Waals surface area contributed by atoms with Gasteiger partial charge in [0, 0.05) is 5.56 Å². The number of benzene rings is 1. The van der Waals surface area contributed by atoms with Gasteiger partial charge in [-0.2, -0.15) is 5.10 Å². The molecule has 1 rings (SSSR count). The van der Waals surface area contributed by atoms with E-state index in [4.69, 9.17) is 25.7 Å². The Labute approximate surface area is 111 Å².